The first kappa shape index (κ1) is 9.00. The zero-order chi connectivity index (χ0) is 9.14. The van der Waals surface area contributed by atoms with Crippen molar-refractivity contribution in [3.8, 4) is 0 Å². The summed E-state index contributed by atoms with van der Waals surface area (Å²) < 4.78 is 4.43. The number of halogens is 1. The van der Waals surface area contributed by atoms with E-state index in [1.165, 1.54) is 13.3 Å². The van der Waals surface area contributed by atoms with Crippen LogP contribution in [0.5, 0.6) is 0 Å². The molecule has 0 spiro atoms. The maximum absolute atomic E-state index is 11.0. The second-order valence-electron chi connectivity index (χ2n) is 1.96. The molecule has 0 aliphatic carbocycles. The quantitative estimate of drug-likeness (QED) is 0.442. The van der Waals surface area contributed by atoms with Crippen LogP contribution in [-0.2, 0) is 4.74 Å². The minimum atomic E-state index is -0.618. The average molecular weight is 182 g/mol. The Hall–Kier alpha value is -1.10. The molecule has 0 aliphatic heterocycles. The van der Waals surface area contributed by atoms with Crippen molar-refractivity contribution in [2.24, 2.45) is 0 Å². The second-order valence-corrected chi connectivity index (χ2v) is 2.32. The molecule has 0 N–H and O–H groups in total. The van der Waals surface area contributed by atoms with Gasteiger partial charge in [-0.1, -0.05) is 17.1 Å². The number of rotatable bonds is 1. The molecule has 0 atom stereocenters. The van der Waals surface area contributed by atoms with Gasteiger partial charge in [-0.05, 0) is 0 Å². The zero-order valence-corrected chi connectivity index (χ0v) is 7.00. The van der Waals surface area contributed by atoms with E-state index in [1.807, 2.05) is 0 Å². The van der Waals surface area contributed by atoms with Gasteiger partial charge >= 0.3 is 5.97 Å². The molecule has 0 bridgehead atoms. The summed E-state index contributed by atoms with van der Waals surface area (Å²) in [5, 5.41) is 6.84. The maximum Gasteiger partial charge on any atom is 0.340 e. The Labute approximate surface area is 75.3 Å². The zero-order valence-electron chi connectivity index (χ0n) is 6.24. The summed E-state index contributed by atoms with van der Waals surface area (Å²) in [7, 11) is 6.64. The molecule has 1 heterocycles. The van der Waals surface area contributed by atoms with E-state index in [0.717, 1.165) is 0 Å². The summed E-state index contributed by atoms with van der Waals surface area (Å²) >= 11 is 5.55. The van der Waals surface area contributed by atoms with Gasteiger partial charge in [0.2, 0.25) is 0 Å². The van der Waals surface area contributed by atoms with Crippen molar-refractivity contribution in [2.45, 2.75) is 0 Å². The normalized spacial score (nSPS) is 9.50. The smallest absolute Gasteiger partial charge is 0.340 e. The number of carbonyl (C=O) groups excluding carboxylic acids is 1. The van der Waals surface area contributed by atoms with Crippen molar-refractivity contribution in [1.29, 1.82) is 0 Å². The van der Waals surface area contributed by atoms with Crippen LogP contribution in [-0.4, -0.2) is 31.1 Å². The molecule has 1 rings (SSSR count). The number of hydrogen-bond donors (Lipinski definition) is 0. The van der Waals surface area contributed by atoms with E-state index >= 15 is 0 Å². The van der Waals surface area contributed by atoms with Crippen LogP contribution in [0.4, 0.5) is 0 Å². The lowest BCUT2D eigenvalue weighted by Gasteiger charge is -2.02. The van der Waals surface area contributed by atoms with Gasteiger partial charge in [0.05, 0.1) is 12.7 Å². The molecule has 0 fully saturated rings. The number of aromatic nitrogens is 2. The highest BCUT2D eigenvalue weighted by Gasteiger charge is 2.14. The Morgan fingerprint density at radius 3 is 2.92 bits per heavy atom. The van der Waals surface area contributed by atoms with Crippen LogP contribution in [0.3, 0.4) is 0 Å². The third kappa shape index (κ3) is 1.56. The Balaban J connectivity index is 3.21. The van der Waals surface area contributed by atoms with Gasteiger partial charge in [-0.15, -0.1) is 5.10 Å². The van der Waals surface area contributed by atoms with Crippen LogP contribution in [0.25, 0.3) is 0 Å². The van der Waals surface area contributed by atoms with E-state index in [1.54, 1.807) is 0 Å². The first-order valence-corrected chi connectivity index (χ1v) is 3.39. The number of ether oxygens (including phenoxy) is 1. The molecule has 6 heteroatoms. The predicted octanol–water partition coefficient (Wildman–Crippen LogP) is -0.290. The summed E-state index contributed by atoms with van der Waals surface area (Å²) in [6, 6.07) is 0. The molecule has 60 valence electrons. The van der Waals surface area contributed by atoms with Gasteiger partial charge in [-0.25, -0.2) is 4.79 Å². The Morgan fingerprint density at radius 2 is 2.42 bits per heavy atom. The standard InChI is InChI=1S/C6H4BClN2O2/c1-12-6(11)4-3(7)2-9-10-5(4)8/h2H,1H3. The Bertz CT molecular complexity index is 298. The number of carbonyl (C=O) groups is 1. The molecular formula is C6H4BClN2O2. The van der Waals surface area contributed by atoms with E-state index in [-0.39, 0.29) is 16.2 Å². The average Bonchev–Trinajstić information content (AvgIpc) is 2.03. The molecule has 0 saturated carbocycles. The van der Waals surface area contributed by atoms with Gasteiger partial charge in [0, 0.05) is 6.20 Å². The van der Waals surface area contributed by atoms with Gasteiger partial charge in [0.25, 0.3) is 0 Å². The Morgan fingerprint density at radius 1 is 1.75 bits per heavy atom. The van der Waals surface area contributed by atoms with Crippen LogP contribution in [0.1, 0.15) is 10.4 Å². The first-order chi connectivity index (χ1) is 5.66. The van der Waals surface area contributed by atoms with Crippen molar-refractivity contribution in [3.05, 3.63) is 16.9 Å². The van der Waals surface area contributed by atoms with Crippen LogP contribution in [0.2, 0.25) is 5.15 Å². The van der Waals surface area contributed by atoms with Crippen molar-refractivity contribution >= 4 is 30.9 Å². The van der Waals surface area contributed by atoms with Gasteiger partial charge in [-0.3, -0.25) is 0 Å². The maximum atomic E-state index is 11.0. The molecule has 1 aromatic rings. The fourth-order valence-electron chi connectivity index (χ4n) is 0.680. The molecular weight excluding hydrogens is 178 g/mol. The van der Waals surface area contributed by atoms with Crippen molar-refractivity contribution in [2.75, 3.05) is 7.11 Å². The van der Waals surface area contributed by atoms with Crippen LogP contribution in [0, 0.1) is 0 Å². The molecule has 4 nitrogen and oxygen atoms in total. The van der Waals surface area contributed by atoms with Gasteiger partial charge in [0.15, 0.2) is 5.15 Å². The van der Waals surface area contributed by atoms with E-state index in [0.29, 0.717) is 0 Å². The molecule has 12 heavy (non-hydrogen) atoms. The highest BCUT2D eigenvalue weighted by molar-refractivity contribution is 6.40. The summed E-state index contributed by atoms with van der Waals surface area (Å²) in [5.41, 5.74) is 0.205. The summed E-state index contributed by atoms with van der Waals surface area (Å²) in [4.78, 5) is 11.0. The lowest BCUT2D eigenvalue weighted by Crippen LogP contribution is -2.19. The fourth-order valence-corrected chi connectivity index (χ4v) is 0.909. The third-order valence-corrected chi connectivity index (χ3v) is 1.49. The monoisotopic (exact) mass is 182 g/mol. The van der Waals surface area contributed by atoms with Crippen molar-refractivity contribution < 1.29 is 9.53 Å². The lowest BCUT2D eigenvalue weighted by molar-refractivity contribution is 0.0602. The van der Waals surface area contributed by atoms with E-state index in [9.17, 15) is 4.79 Å². The van der Waals surface area contributed by atoms with Crippen LogP contribution in [0.15, 0.2) is 6.20 Å². The first-order valence-electron chi connectivity index (χ1n) is 3.01. The van der Waals surface area contributed by atoms with E-state index in [2.05, 4.69) is 14.9 Å². The molecule has 2 radical (unpaired) electrons. The molecule has 0 aromatic carbocycles. The molecule has 0 amide bonds. The summed E-state index contributed by atoms with van der Waals surface area (Å²) in [5.74, 6) is -0.618. The number of esters is 1. The van der Waals surface area contributed by atoms with Crippen molar-refractivity contribution in [3.63, 3.8) is 0 Å². The third-order valence-electron chi connectivity index (χ3n) is 1.23. The van der Waals surface area contributed by atoms with Crippen LogP contribution >= 0.6 is 11.6 Å². The number of methoxy groups -OCH3 is 1. The summed E-state index contributed by atoms with van der Waals surface area (Å²) in [6.45, 7) is 0. The van der Waals surface area contributed by atoms with E-state index < -0.39 is 5.97 Å². The predicted molar refractivity (Wildman–Crippen MR) is 43.8 cm³/mol. The number of nitrogens with zero attached hydrogens (tertiary/aromatic N) is 2. The molecule has 0 unspecified atom stereocenters. The fraction of sp³-hybridized carbons (Fsp3) is 0.167. The molecule has 0 saturated heterocycles. The minimum Gasteiger partial charge on any atom is -0.465 e. The Kier molecular flexibility index (Phi) is 2.65. The highest BCUT2D eigenvalue weighted by Crippen LogP contribution is 2.08. The van der Waals surface area contributed by atoms with Gasteiger partial charge in [0.1, 0.15) is 7.85 Å². The SMILES string of the molecule is [B]c1cnnc(Cl)c1C(=O)OC. The lowest BCUT2D eigenvalue weighted by atomic mass is 9.94. The topological polar surface area (TPSA) is 52.1 Å². The highest BCUT2D eigenvalue weighted by atomic mass is 35.5. The van der Waals surface area contributed by atoms with Crippen molar-refractivity contribution in [1.82, 2.24) is 10.2 Å². The molecule has 1 aromatic heterocycles. The minimum absolute atomic E-state index is 0.0502. The van der Waals surface area contributed by atoms with E-state index in [4.69, 9.17) is 19.4 Å². The molecule has 0 aliphatic rings. The second kappa shape index (κ2) is 3.54. The largest absolute Gasteiger partial charge is 0.465 e. The number of hydrogen-bond acceptors (Lipinski definition) is 4. The summed E-state index contributed by atoms with van der Waals surface area (Å²) in [6.07, 6.45) is 1.23. The van der Waals surface area contributed by atoms with Gasteiger partial charge in [-0.2, -0.15) is 5.10 Å². The van der Waals surface area contributed by atoms with Crippen LogP contribution < -0.4 is 5.46 Å². The van der Waals surface area contributed by atoms with Gasteiger partial charge < -0.3 is 4.74 Å².